The van der Waals surface area contributed by atoms with Crippen molar-refractivity contribution >= 4 is 33.0 Å². The van der Waals surface area contributed by atoms with Crippen molar-refractivity contribution in [1.29, 1.82) is 0 Å². The van der Waals surface area contributed by atoms with Gasteiger partial charge in [0.1, 0.15) is 9.77 Å². The van der Waals surface area contributed by atoms with Crippen molar-refractivity contribution in [1.82, 2.24) is 9.62 Å². The summed E-state index contributed by atoms with van der Waals surface area (Å²) in [5.41, 5.74) is -0.297. The maximum atomic E-state index is 12.7. The van der Waals surface area contributed by atoms with E-state index in [4.69, 9.17) is 0 Å². The first-order chi connectivity index (χ1) is 12.9. The number of nitro benzene ring substituents is 1. The Kier molecular flexibility index (Phi) is 5.88. The number of hydrogen-bond acceptors (Lipinski definition) is 6. The van der Waals surface area contributed by atoms with Gasteiger partial charge in [0, 0.05) is 24.0 Å². The third kappa shape index (κ3) is 4.34. The maximum absolute atomic E-state index is 12.7. The number of piperidine rings is 1. The average Bonchev–Trinajstić information content (AvgIpc) is 3.16. The highest BCUT2D eigenvalue weighted by Gasteiger charge is 2.27. The van der Waals surface area contributed by atoms with Crippen molar-refractivity contribution < 1.29 is 18.1 Å². The van der Waals surface area contributed by atoms with Gasteiger partial charge in [0.15, 0.2) is 0 Å². The first kappa shape index (κ1) is 19.5. The van der Waals surface area contributed by atoms with Crippen LogP contribution in [-0.2, 0) is 16.6 Å². The van der Waals surface area contributed by atoms with E-state index in [9.17, 15) is 23.3 Å². The molecular weight excluding hydrogens is 390 g/mol. The number of amides is 1. The number of carbonyl (C=O) groups excluding carboxylic acids is 1. The second-order valence-electron chi connectivity index (χ2n) is 6.14. The van der Waals surface area contributed by atoms with Gasteiger partial charge in [-0.15, -0.1) is 11.3 Å². The van der Waals surface area contributed by atoms with Crippen molar-refractivity contribution in [3.63, 3.8) is 0 Å². The van der Waals surface area contributed by atoms with E-state index in [-0.39, 0.29) is 22.0 Å². The minimum absolute atomic E-state index is 0.0276. The number of nitrogens with one attached hydrogen (secondary N) is 1. The van der Waals surface area contributed by atoms with Gasteiger partial charge in [-0.05, 0) is 31.0 Å². The second kappa shape index (κ2) is 8.15. The molecule has 0 atom stereocenters. The summed E-state index contributed by atoms with van der Waals surface area (Å²) >= 11 is 1.10. The first-order valence-corrected chi connectivity index (χ1v) is 10.8. The first-order valence-electron chi connectivity index (χ1n) is 8.50. The molecule has 1 fully saturated rings. The van der Waals surface area contributed by atoms with Crippen LogP contribution in [0.2, 0.25) is 0 Å². The number of benzene rings is 1. The second-order valence-corrected chi connectivity index (χ2v) is 9.48. The number of carbonyl (C=O) groups is 1. The Labute approximate surface area is 161 Å². The summed E-state index contributed by atoms with van der Waals surface area (Å²) in [6, 6.07) is 8.89. The van der Waals surface area contributed by atoms with E-state index in [2.05, 4.69) is 5.32 Å². The van der Waals surface area contributed by atoms with Crippen LogP contribution in [0.5, 0.6) is 0 Å². The lowest BCUT2D eigenvalue weighted by molar-refractivity contribution is -0.385. The smallest absolute Gasteiger partial charge is 0.282 e. The highest BCUT2D eigenvalue weighted by Crippen LogP contribution is 2.27. The van der Waals surface area contributed by atoms with Crippen molar-refractivity contribution in [2.75, 3.05) is 13.1 Å². The van der Waals surface area contributed by atoms with Gasteiger partial charge < -0.3 is 5.32 Å². The van der Waals surface area contributed by atoms with Crippen molar-refractivity contribution in [3.05, 3.63) is 57.0 Å². The summed E-state index contributed by atoms with van der Waals surface area (Å²) < 4.78 is 27.1. The highest BCUT2D eigenvalue weighted by molar-refractivity contribution is 7.91. The van der Waals surface area contributed by atoms with E-state index in [0.29, 0.717) is 18.0 Å². The van der Waals surface area contributed by atoms with Crippen LogP contribution in [0.3, 0.4) is 0 Å². The Morgan fingerprint density at radius 3 is 2.56 bits per heavy atom. The number of nitrogens with zero attached hydrogens (tertiary/aromatic N) is 2. The molecule has 2 aromatic rings. The molecule has 1 N–H and O–H groups in total. The SMILES string of the molecule is O=C(NCc1ccc(S(=O)(=O)N2CCCCC2)s1)c1ccccc1[N+](=O)[O-]. The van der Waals surface area contributed by atoms with Crippen LogP contribution in [0.4, 0.5) is 5.69 Å². The fraction of sp³-hybridized carbons (Fsp3) is 0.353. The molecule has 1 aromatic carbocycles. The van der Waals surface area contributed by atoms with Crippen LogP contribution in [0.25, 0.3) is 0 Å². The zero-order chi connectivity index (χ0) is 19.4. The standard InChI is InChI=1S/C17H19N3O5S2/c21-17(14-6-2-3-7-15(14)20(22)23)18-12-13-8-9-16(26-13)27(24,25)19-10-4-1-5-11-19/h2-3,6-9H,1,4-5,10-12H2,(H,18,21). The zero-order valence-electron chi connectivity index (χ0n) is 14.5. The summed E-state index contributed by atoms with van der Waals surface area (Å²) in [4.78, 5) is 23.3. The molecule has 0 saturated carbocycles. The molecule has 0 spiro atoms. The van der Waals surface area contributed by atoms with Gasteiger partial charge in [-0.1, -0.05) is 18.6 Å². The van der Waals surface area contributed by atoms with Gasteiger partial charge >= 0.3 is 0 Å². The quantitative estimate of drug-likeness (QED) is 0.583. The van der Waals surface area contributed by atoms with Gasteiger partial charge in [-0.2, -0.15) is 4.31 Å². The van der Waals surface area contributed by atoms with E-state index in [1.54, 1.807) is 18.2 Å². The largest absolute Gasteiger partial charge is 0.347 e. The normalized spacial score (nSPS) is 15.4. The molecule has 1 amide bonds. The number of rotatable bonds is 6. The van der Waals surface area contributed by atoms with Gasteiger partial charge in [0.25, 0.3) is 21.6 Å². The molecular formula is C17H19N3O5S2. The van der Waals surface area contributed by atoms with Crippen molar-refractivity contribution in [3.8, 4) is 0 Å². The zero-order valence-corrected chi connectivity index (χ0v) is 16.1. The minimum Gasteiger partial charge on any atom is -0.347 e. The lowest BCUT2D eigenvalue weighted by atomic mass is 10.1. The molecule has 0 radical (unpaired) electrons. The lowest BCUT2D eigenvalue weighted by Crippen LogP contribution is -2.35. The third-order valence-electron chi connectivity index (χ3n) is 4.31. The lowest BCUT2D eigenvalue weighted by Gasteiger charge is -2.25. The predicted octanol–water partition coefficient (Wildman–Crippen LogP) is 2.76. The molecule has 0 bridgehead atoms. The topological polar surface area (TPSA) is 110 Å². The Hall–Kier alpha value is -2.30. The molecule has 0 aliphatic carbocycles. The molecule has 27 heavy (non-hydrogen) atoms. The monoisotopic (exact) mass is 409 g/mol. The molecule has 144 valence electrons. The third-order valence-corrected chi connectivity index (χ3v) is 7.77. The minimum atomic E-state index is -3.50. The van der Waals surface area contributed by atoms with Crippen molar-refractivity contribution in [2.24, 2.45) is 0 Å². The average molecular weight is 409 g/mol. The summed E-state index contributed by atoms with van der Waals surface area (Å²) in [5.74, 6) is -0.573. The van der Waals surface area contributed by atoms with Crippen LogP contribution in [-0.4, -0.2) is 36.6 Å². The predicted molar refractivity (Wildman–Crippen MR) is 101 cm³/mol. The molecule has 0 unspecified atom stereocenters. The van der Waals surface area contributed by atoms with Crippen molar-refractivity contribution in [2.45, 2.75) is 30.0 Å². The Bertz CT molecular complexity index is 949. The summed E-state index contributed by atoms with van der Waals surface area (Å²) in [7, 11) is -3.50. The fourth-order valence-electron chi connectivity index (χ4n) is 2.91. The fourth-order valence-corrected chi connectivity index (χ4v) is 5.88. The summed E-state index contributed by atoms with van der Waals surface area (Å²) in [6.45, 7) is 1.17. The van der Waals surface area contributed by atoms with E-state index in [1.165, 1.54) is 22.5 Å². The molecule has 2 heterocycles. The van der Waals surface area contributed by atoms with Crippen LogP contribution < -0.4 is 5.32 Å². The summed E-state index contributed by atoms with van der Waals surface area (Å²) in [5, 5.41) is 13.6. The van der Waals surface area contributed by atoms with E-state index >= 15 is 0 Å². The van der Waals surface area contributed by atoms with Crippen LogP contribution in [0, 0.1) is 10.1 Å². The van der Waals surface area contributed by atoms with Crippen LogP contribution in [0.15, 0.2) is 40.6 Å². The number of para-hydroxylation sites is 1. The number of thiophene rings is 1. The van der Waals surface area contributed by atoms with Gasteiger partial charge in [0.05, 0.1) is 11.5 Å². The molecule has 1 aliphatic heterocycles. The maximum Gasteiger partial charge on any atom is 0.282 e. The molecule has 3 rings (SSSR count). The van der Waals surface area contributed by atoms with Crippen LogP contribution >= 0.6 is 11.3 Å². The molecule has 1 aromatic heterocycles. The number of hydrogen-bond donors (Lipinski definition) is 1. The van der Waals surface area contributed by atoms with Gasteiger partial charge in [-0.25, -0.2) is 8.42 Å². The molecule has 1 aliphatic rings. The van der Waals surface area contributed by atoms with Gasteiger partial charge in [-0.3, -0.25) is 14.9 Å². The van der Waals surface area contributed by atoms with E-state index < -0.39 is 20.9 Å². The Morgan fingerprint density at radius 2 is 1.85 bits per heavy atom. The van der Waals surface area contributed by atoms with Crippen LogP contribution in [0.1, 0.15) is 34.5 Å². The van der Waals surface area contributed by atoms with E-state index in [1.807, 2.05) is 0 Å². The summed E-state index contributed by atoms with van der Waals surface area (Å²) in [6.07, 6.45) is 2.77. The molecule has 8 nitrogen and oxygen atoms in total. The highest BCUT2D eigenvalue weighted by atomic mass is 32.2. The van der Waals surface area contributed by atoms with Gasteiger partial charge in [0.2, 0.25) is 0 Å². The number of sulfonamides is 1. The Morgan fingerprint density at radius 1 is 1.15 bits per heavy atom. The molecule has 10 heteroatoms. The number of nitro groups is 1. The molecule has 1 saturated heterocycles. The van der Waals surface area contributed by atoms with E-state index in [0.717, 1.165) is 30.6 Å². The Balaban J connectivity index is 1.68.